The number of hydrogen-bond donors (Lipinski definition) is 0. The summed E-state index contributed by atoms with van der Waals surface area (Å²) >= 11 is 0. The normalized spacial score (nSPS) is 21.4. The van der Waals surface area contributed by atoms with E-state index in [1.807, 2.05) is 37.9 Å². The number of aromatic nitrogens is 1. The van der Waals surface area contributed by atoms with Crippen LogP contribution in [0.4, 0.5) is 10.6 Å². The molecule has 1 aliphatic carbocycles. The highest BCUT2D eigenvalue weighted by atomic mass is 16.6. The van der Waals surface area contributed by atoms with Crippen molar-refractivity contribution in [3.63, 3.8) is 0 Å². The van der Waals surface area contributed by atoms with E-state index in [1.165, 1.54) is 12.0 Å². The van der Waals surface area contributed by atoms with Crippen LogP contribution in [-0.2, 0) is 4.74 Å². The molecule has 0 aromatic carbocycles. The zero-order valence-electron chi connectivity index (χ0n) is 18.3. The highest BCUT2D eigenvalue weighted by Crippen LogP contribution is 2.39. The topological polar surface area (TPSA) is 45.7 Å². The predicted octanol–water partition coefficient (Wildman–Crippen LogP) is 5.56. The number of carbonyl (C=O) groups is 1. The summed E-state index contributed by atoms with van der Waals surface area (Å²) in [4.78, 5) is 22.4. The van der Waals surface area contributed by atoms with Crippen LogP contribution in [0.15, 0.2) is 18.3 Å². The van der Waals surface area contributed by atoms with E-state index < -0.39 is 5.60 Å². The van der Waals surface area contributed by atoms with Crippen molar-refractivity contribution in [2.75, 3.05) is 18.0 Å². The van der Waals surface area contributed by atoms with Crippen molar-refractivity contribution < 1.29 is 9.53 Å². The molecule has 156 valence electrons. The van der Waals surface area contributed by atoms with Crippen molar-refractivity contribution in [2.45, 2.75) is 90.8 Å². The highest BCUT2D eigenvalue weighted by molar-refractivity contribution is 5.88. The van der Waals surface area contributed by atoms with Gasteiger partial charge in [0.05, 0.1) is 0 Å². The van der Waals surface area contributed by atoms with Crippen molar-refractivity contribution >= 4 is 11.9 Å². The van der Waals surface area contributed by atoms with Gasteiger partial charge in [-0.3, -0.25) is 9.80 Å². The lowest BCUT2D eigenvalue weighted by molar-refractivity contribution is 0.0563. The van der Waals surface area contributed by atoms with Gasteiger partial charge in [0.2, 0.25) is 0 Å². The molecular formula is C23H37N3O2. The quantitative estimate of drug-likeness (QED) is 0.664. The zero-order chi connectivity index (χ0) is 20.3. The van der Waals surface area contributed by atoms with Crippen molar-refractivity contribution in [2.24, 2.45) is 5.92 Å². The zero-order valence-corrected chi connectivity index (χ0v) is 18.3. The van der Waals surface area contributed by atoms with Crippen LogP contribution >= 0.6 is 0 Å². The number of nitrogens with zero attached hydrogens (tertiary/aromatic N) is 3. The Balaban J connectivity index is 1.95. The Kier molecular flexibility index (Phi) is 6.64. The predicted molar refractivity (Wildman–Crippen MR) is 114 cm³/mol. The van der Waals surface area contributed by atoms with Gasteiger partial charge in [0.15, 0.2) is 0 Å². The summed E-state index contributed by atoms with van der Waals surface area (Å²) in [6.45, 7) is 12.5. The van der Waals surface area contributed by atoms with Gasteiger partial charge in [-0.1, -0.05) is 32.8 Å². The first-order valence-corrected chi connectivity index (χ1v) is 11.0. The first-order chi connectivity index (χ1) is 13.3. The SMILES string of the molecule is CC(C)CN1CCC[C@H]1c1cccnc1N(C(=O)OC(C)(C)C)C1CCCC1. The maximum absolute atomic E-state index is 13.2. The van der Waals surface area contributed by atoms with Crippen LogP contribution in [0.25, 0.3) is 0 Å². The Labute approximate surface area is 170 Å². The fourth-order valence-corrected chi connectivity index (χ4v) is 4.62. The Morgan fingerprint density at radius 2 is 1.96 bits per heavy atom. The van der Waals surface area contributed by atoms with Crippen LogP contribution in [0, 0.1) is 5.92 Å². The lowest BCUT2D eigenvalue weighted by Gasteiger charge is -2.34. The van der Waals surface area contributed by atoms with Crippen LogP contribution in [0.2, 0.25) is 0 Å². The number of carbonyl (C=O) groups excluding carboxylic acids is 1. The molecule has 28 heavy (non-hydrogen) atoms. The standard InChI is InChI=1S/C23H37N3O2/c1-17(2)16-25-15-9-13-20(25)19-12-8-14-24-21(19)26(18-10-6-7-11-18)22(27)28-23(3,4)5/h8,12,14,17-18,20H,6-7,9-11,13,15-16H2,1-5H3/t20-/m0/s1. The molecule has 1 aromatic rings. The molecular weight excluding hydrogens is 350 g/mol. The number of rotatable bonds is 5. The Bertz CT molecular complexity index is 662. The molecule has 1 saturated heterocycles. The first-order valence-electron chi connectivity index (χ1n) is 11.0. The number of hydrogen-bond acceptors (Lipinski definition) is 4. The number of pyridine rings is 1. The van der Waals surface area contributed by atoms with E-state index in [-0.39, 0.29) is 12.1 Å². The summed E-state index contributed by atoms with van der Waals surface area (Å²) in [6, 6.07) is 4.69. The van der Waals surface area contributed by atoms with Gasteiger partial charge in [0.1, 0.15) is 11.4 Å². The van der Waals surface area contributed by atoms with E-state index in [4.69, 9.17) is 9.72 Å². The van der Waals surface area contributed by atoms with E-state index >= 15 is 0 Å². The fraction of sp³-hybridized carbons (Fsp3) is 0.739. The minimum Gasteiger partial charge on any atom is -0.443 e. The van der Waals surface area contributed by atoms with Gasteiger partial charge < -0.3 is 4.74 Å². The second kappa shape index (κ2) is 8.81. The van der Waals surface area contributed by atoms with Crippen molar-refractivity contribution in [3.05, 3.63) is 23.9 Å². The molecule has 1 saturated carbocycles. The van der Waals surface area contributed by atoms with Gasteiger partial charge >= 0.3 is 6.09 Å². The van der Waals surface area contributed by atoms with Gasteiger partial charge in [-0.25, -0.2) is 9.78 Å². The Hall–Kier alpha value is -1.62. The average molecular weight is 388 g/mol. The summed E-state index contributed by atoms with van der Waals surface area (Å²) < 4.78 is 5.81. The van der Waals surface area contributed by atoms with Gasteiger partial charge in [-0.2, -0.15) is 0 Å². The molecule has 0 radical (unpaired) electrons. The summed E-state index contributed by atoms with van der Waals surface area (Å²) in [5, 5.41) is 0. The molecule has 1 atom stereocenters. The summed E-state index contributed by atoms with van der Waals surface area (Å²) in [5.41, 5.74) is 0.665. The van der Waals surface area contributed by atoms with Crippen LogP contribution in [-0.4, -0.2) is 40.7 Å². The average Bonchev–Trinajstić information content (AvgIpc) is 3.26. The maximum Gasteiger partial charge on any atom is 0.416 e. The molecule has 0 spiro atoms. The number of ether oxygens (including phenoxy) is 1. The fourth-order valence-electron chi connectivity index (χ4n) is 4.62. The number of anilines is 1. The second-order valence-electron chi connectivity index (χ2n) is 9.75. The molecule has 2 aliphatic rings. The molecule has 5 heteroatoms. The van der Waals surface area contributed by atoms with Crippen molar-refractivity contribution in [3.8, 4) is 0 Å². The van der Waals surface area contributed by atoms with E-state index in [9.17, 15) is 4.79 Å². The third kappa shape index (κ3) is 5.05. The van der Waals surface area contributed by atoms with E-state index in [0.29, 0.717) is 12.0 Å². The molecule has 1 aliphatic heterocycles. The molecule has 1 amide bonds. The highest BCUT2D eigenvalue weighted by Gasteiger charge is 2.36. The van der Waals surface area contributed by atoms with Gasteiger partial charge in [0, 0.05) is 30.4 Å². The lowest BCUT2D eigenvalue weighted by atomic mass is 10.0. The monoisotopic (exact) mass is 387 g/mol. The molecule has 0 bridgehead atoms. The molecule has 2 heterocycles. The third-order valence-electron chi connectivity index (χ3n) is 5.65. The molecule has 0 unspecified atom stereocenters. The Morgan fingerprint density at radius 3 is 2.61 bits per heavy atom. The third-order valence-corrected chi connectivity index (χ3v) is 5.65. The van der Waals surface area contributed by atoms with E-state index in [1.54, 1.807) is 0 Å². The van der Waals surface area contributed by atoms with Crippen LogP contribution in [0.3, 0.4) is 0 Å². The van der Waals surface area contributed by atoms with E-state index in [2.05, 4.69) is 24.8 Å². The summed E-state index contributed by atoms with van der Waals surface area (Å²) in [5.74, 6) is 1.43. The minimum atomic E-state index is -0.514. The Morgan fingerprint density at radius 1 is 1.25 bits per heavy atom. The first kappa shape index (κ1) is 21.1. The molecule has 1 aromatic heterocycles. The summed E-state index contributed by atoms with van der Waals surface area (Å²) in [6.07, 6.45) is 8.25. The smallest absolute Gasteiger partial charge is 0.416 e. The summed E-state index contributed by atoms with van der Waals surface area (Å²) in [7, 11) is 0. The second-order valence-corrected chi connectivity index (χ2v) is 9.75. The van der Waals surface area contributed by atoms with Crippen molar-refractivity contribution in [1.29, 1.82) is 0 Å². The molecule has 2 fully saturated rings. The van der Waals surface area contributed by atoms with Crippen LogP contribution in [0.1, 0.15) is 84.7 Å². The minimum absolute atomic E-state index is 0.184. The van der Waals surface area contributed by atoms with E-state index in [0.717, 1.165) is 51.0 Å². The lowest BCUT2D eigenvalue weighted by Crippen LogP contribution is -2.44. The van der Waals surface area contributed by atoms with Gasteiger partial charge in [-0.15, -0.1) is 0 Å². The maximum atomic E-state index is 13.2. The molecule has 3 rings (SSSR count). The number of amides is 1. The van der Waals surface area contributed by atoms with Gasteiger partial charge in [-0.05, 0) is 65.0 Å². The molecule has 0 N–H and O–H groups in total. The number of likely N-dealkylation sites (tertiary alicyclic amines) is 1. The largest absolute Gasteiger partial charge is 0.443 e. The van der Waals surface area contributed by atoms with Crippen LogP contribution < -0.4 is 4.90 Å². The van der Waals surface area contributed by atoms with Crippen molar-refractivity contribution in [1.82, 2.24) is 9.88 Å². The molecule has 5 nitrogen and oxygen atoms in total. The van der Waals surface area contributed by atoms with Gasteiger partial charge in [0.25, 0.3) is 0 Å². The van der Waals surface area contributed by atoms with Crippen LogP contribution in [0.5, 0.6) is 0 Å².